The summed E-state index contributed by atoms with van der Waals surface area (Å²) >= 11 is 0. The molecule has 2 aromatic heterocycles. The Kier molecular flexibility index (Phi) is 3.42. The molecule has 7 nitrogen and oxygen atoms in total. The SMILES string of the molecule is CCN(c1cnccn1)c1ccc(C(=O)O)nn1. The third-order valence-electron chi connectivity index (χ3n) is 2.29. The Balaban J connectivity index is 2.31. The van der Waals surface area contributed by atoms with Crippen LogP contribution in [0.2, 0.25) is 0 Å². The lowest BCUT2D eigenvalue weighted by Crippen LogP contribution is -2.19. The molecule has 2 heterocycles. The molecule has 0 amide bonds. The van der Waals surface area contributed by atoms with E-state index in [0.717, 1.165) is 0 Å². The van der Waals surface area contributed by atoms with Gasteiger partial charge in [-0.3, -0.25) is 4.98 Å². The lowest BCUT2D eigenvalue weighted by Gasteiger charge is -2.19. The van der Waals surface area contributed by atoms with Gasteiger partial charge in [0.15, 0.2) is 17.3 Å². The third-order valence-corrected chi connectivity index (χ3v) is 2.29. The van der Waals surface area contributed by atoms with E-state index in [9.17, 15) is 4.79 Å². The highest BCUT2D eigenvalue weighted by atomic mass is 16.4. The summed E-state index contributed by atoms with van der Waals surface area (Å²) in [7, 11) is 0. The van der Waals surface area contributed by atoms with Gasteiger partial charge in [0.2, 0.25) is 0 Å². The molecule has 0 radical (unpaired) electrons. The minimum atomic E-state index is -1.10. The number of hydrogen-bond donors (Lipinski definition) is 1. The molecule has 0 saturated heterocycles. The molecule has 0 aliphatic heterocycles. The van der Waals surface area contributed by atoms with Gasteiger partial charge in [-0.2, -0.15) is 0 Å². The highest BCUT2D eigenvalue weighted by Crippen LogP contribution is 2.18. The predicted molar refractivity (Wildman–Crippen MR) is 63.7 cm³/mol. The van der Waals surface area contributed by atoms with E-state index in [0.29, 0.717) is 18.2 Å². The van der Waals surface area contributed by atoms with E-state index in [-0.39, 0.29) is 5.69 Å². The monoisotopic (exact) mass is 245 g/mol. The smallest absolute Gasteiger partial charge is 0.356 e. The zero-order valence-electron chi connectivity index (χ0n) is 9.69. The Morgan fingerprint density at radius 1 is 1.28 bits per heavy atom. The van der Waals surface area contributed by atoms with E-state index in [1.54, 1.807) is 29.6 Å². The molecule has 0 atom stereocenters. The summed E-state index contributed by atoms with van der Waals surface area (Å²) in [5.74, 6) is 0.0666. The van der Waals surface area contributed by atoms with Crippen molar-refractivity contribution in [2.75, 3.05) is 11.4 Å². The summed E-state index contributed by atoms with van der Waals surface area (Å²) in [6, 6.07) is 3.00. The van der Waals surface area contributed by atoms with Crippen LogP contribution in [0.15, 0.2) is 30.7 Å². The molecule has 0 bridgehead atoms. The van der Waals surface area contributed by atoms with Gasteiger partial charge in [0.1, 0.15) is 0 Å². The second kappa shape index (κ2) is 5.17. The molecule has 0 aliphatic rings. The maximum absolute atomic E-state index is 10.7. The lowest BCUT2D eigenvalue weighted by atomic mass is 10.3. The molecule has 2 aromatic rings. The lowest BCUT2D eigenvalue weighted by molar-refractivity contribution is 0.0689. The van der Waals surface area contributed by atoms with Gasteiger partial charge in [-0.1, -0.05) is 0 Å². The standard InChI is InChI=1S/C11H11N5O2/c1-2-16(10-7-12-5-6-13-10)9-4-3-8(11(17)18)14-15-9/h3-7H,2H2,1H3,(H,17,18). The highest BCUT2D eigenvalue weighted by molar-refractivity contribution is 5.85. The van der Waals surface area contributed by atoms with Crippen LogP contribution in [0.3, 0.4) is 0 Å². The van der Waals surface area contributed by atoms with E-state index < -0.39 is 5.97 Å². The molecule has 92 valence electrons. The number of hydrogen-bond acceptors (Lipinski definition) is 6. The minimum Gasteiger partial charge on any atom is -0.476 e. The highest BCUT2D eigenvalue weighted by Gasteiger charge is 2.12. The summed E-state index contributed by atoms with van der Waals surface area (Å²) < 4.78 is 0. The molecule has 0 fully saturated rings. The second-order valence-electron chi connectivity index (χ2n) is 3.39. The Hall–Kier alpha value is -2.57. The fourth-order valence-electron chi connectivity index (χ4n) is 1.46. The summed E-state index contributed by atoms with van der Waals surface area (Å²) in [4.78, 5) is 20.6. The van der Waals surface area contributed by atoms with Crippen molar-refractivity contribution in [3.8, 4) is 0 Å². The van der Waals surface area contributed by atoms with Gasteiger partial charge in [-0.25, -0.2) is 9.78 Å². The Labute approximate surface area is 103 Å². The van der Waals surface area contributed by atoms with Crippen LogP contribution in [0, 0.1) is 0 Å². The molecule has 0 aliphatic carbocycles. The van der Waals surface area contributed by atoms with Gasteiger partial charge in [-0.05, 0) is 19.1 Å². The quantitative estimate of drug-likeness (QED) is 0.862. The summed E-state index contributed by atoms with van der Waals surface area (Å²) in [5, 5.41) is 16.3. The number of nitrogens with zero attached hydrogens (tertiary/aromatic N) is 5. The molecule has 1 N–H and O–H groups in total. The molecule has 0 saturated carbocycles. The Bertz CT molecular complexity index is 529. The van der Waals surface area contributed by atoms with E-state index >= 15 is 0 Å². The average molecular weight is 245 g/mol. The van der Waals surface area contributed by atoms with Crippen molar-refractivity contribution in [3.63, 3.8) is 0 Å². The summed E-state index contributed by atoms with van der Waals surface area (Å²) in [5.41, 5.74) is -0.0889. The number of aromatic nitrogens is 4. The van der Waals surface area contributed by atoms with Crippen molar-refractivity contribution in [2.24, 2.45) is 0 Å². The molecular weight excluding hydrogens is 234 g/mol. The van der Waals surface area contributed by atoms with Gasteiger partial charge in [0.25, 0.3) is 0 Å². The van der Waals surface area contributed by atoms with Crippen LogP contribution in [0.4, 0.5) is 11.6 Å². The molecule has 7 heteroatoms. The van der Waals surface area contributed by atoms with Crippen molar-refractivity contribution >= 4 is 17.6 Å². The minimum absolute atomic E-state index is 0.0889. The van der Waals surface area contributed by atoms with Crippen LogP contribution < -0.4 is 4.90 Å². The van der Waals surface area contributed by atoms with Crippen LogP contribution in [0.5, 0.6) is 0 Å². The molecule has 0 spiro atoms. The number of rotatable bonds is 4. The van der Waals surface area contributed by atoms with Crippen LogP contribution in [0.1, 0.15) is 17.4 Å². The maximum Gasteiger partial charge on any atom is 0.356 e. The van der Waals surface area contributed by atoms with Crippen LogP contribution in [-0.4, -0.2) is 37.8 Å². The van der Waals surface area contributed by atoms with Crippen molar-refractivity contribution < 1.29 is 9.90 Å². The molecule has 0 unspecified atom stereocenters. The first-order chi connectivity index (χ1) is 8.72. The largest absolute Gasteiger partial charge is 0.476 e. The fraction of sp³-hybridized carbons (Fsp3) is 0.182. The first kappa shape index (κ1) is 11.9. The van der Waals surface area contributed by atoms with Gasteiger partial charge < -0.3 is 10.0 Å². The summed E-state index contributed by atoms with van der Waals surface area (Å²) in [6.45, 7) is 2.56. The van der Waals surface area contributed by atoms with E-state index in [2.05, 4.69) is 20.2 Å². The van der Waals surface area contributed by atoms with Crippen molar-refractivity contribution in [1.82, 2.24) is 20.2 Å². The molecule has 18 heavy (non-hydrogen) atoms. The van der Waals surface area contributed by atoms with Crippen molar-refractivity contribution in [1.29, 1.82) is 0 Å². The number of carboxylic acid groups (broad SMARTS) is 1. The number of carbonyl (C=O) groups is 1. The fourth-order valence-corrected chi connectivity index (χ4v) is 1.46. The van der Waals surface area contributed by atoms with Crippen molar-refractivity contribution in [2.45, 2.75) is 6.92 Å². The topological polar surface area (TPSA) is 92.1 Å². The molecular formula is C11H11N5O2. The van der Waals surface area contributed by atoms with Crippen LogP contribution >= 0.6 is 0 Å². The average Bonchev–Trinajstić information content (AvgIpc) is 2.41. The first-order valence-electron chi connectivity index (χ1n) is 5.33. The summed E-state index contributed by atoms with van der Waals surface area (Å²) in [6.07, 6.45) is 4.77. The normalized spacial score (nSPS) is 10.1. The van der Waals surface area contributed by atoms with Gasteiger partial charge >= 0.3 is 5.97 Å². The van der Waals surface area contributed by atoms with Gasteiger partial charge in [0.05, 0.1) is 6.20 Å². The van der Waals surface area contributed by atoms with Crippen molar-refractivity contribution in [3.05, 3.63) is 36.4 Å². The Morgan fingerprint density at radius 3 is 2.61 bits per heavy atom. The third kappa shape index (κ3) is 2.40. The maximum atomic E-state index is 10.7. The van der Waals surface area contributed by atoms with Crippen LogP contribution in [0.25, 0.3) is 0 Å². The predicted octanol–water partition coefficient (Wildman–Crippen LogP) is 1.12. The van der Waals surface area contributed by atoms with E-state index in [1.165, 1.54) is 6.07 Å². The molecule has 2 rings (SSSR count). The van der Waals surface area contributed by atoms with E-state index in [1.807, 2.05) is 6.92 Å². The zero-order chi connectivity index (χ0) is 13.0. The van der Waals surface area contributed by atoms with Crippen LogP contribution in [-0.2, 0) is 0 Å². The number of carboxylic acids is 1. The second-order valence-corrected chi connectivity index (χ2v) is 3.39. The van der Waals surface area contributed by atoms with E-state index in [4.69, 9.17) is 5.11 Å². The molecule has 0 aromatic carbocycles. The van der Waals surface area contributed by atoms with Gasteiger partial charge in [0, 0.05) is 18.9 Å². The zero-order valence-corrected chi connectivity index (χ0v) is 9.69. The number of anilines is 2. The first-order valence-corrected chi connectivity index (χ1v) is 5.33. The Morgan fingerprint density at radius 2 is 2.11 bits per heavy atom. The number of aromatic carboxylic acids is 1. The van der Waals surface area contributed by atoms with Gasteiger partial charge in [-0.15, -0.1) is 10.2 Å².